The van der Waals surface area contributed by atoms with Crippen LogP contribution in [0, 0.1) is 0 Å². The van der Waals surface area contributed by atoms with Crippen LogP contribution in [0.15, 0.2) is 42.5 Å². The largest absolute Gasteiger partial charge is 0.493 e. The molecular weight excluding hydrogens is 346 g/mol. The number of benzene rings is 2. The molecule has 1 unspecified atom stereocenters. The van der Waals surface area contributed by atoms with Gasteiger partial charge >= 0.3 is 5.97 Å². The number of ether oxygens (including phenoxy) is 3. The molecule has 2 aromatic rings. The van der Waals surface area contributed by atoms with Crippen molar-refractivity contribution in [3.8, 4) is 11.5 Å². The zero-order valence-electron chi connectivity index (χ0n) is 15.7. The predicted octanol–water partition coefficient (Wildman–Crippen LogP) is 3.35. The maximum atomic E-state index is 13.0. The molecule has 2 aromatic carbocycles. The van der Waals surface area contributed by atoms with Crippen molar-refractivity contribution in [3.63, 3.8) is 0 Å². The minimum atomic E-state index is -0.301. The Morgan fingerprint density at radius 2 is 1.81 bits per heavy atom. The van der Waals surface area contributed by atoms with E-state index in [4.69, 9.17) is 14.2 Å². The van der Waals surface area contributed by atoms with Crippen molar-refractivity contribution in [2.45, 2.75) is 25.4 Å². The number of hydrogen-bond donors (Lipinski definition) is 0. The lowest BCUT2D eigenvalue weighted by Crippen LogP contribution is -2.29. The van der Waals surface area contributed by atoms with Gasteiger partial charge in [0.2, 0.25) is 0 Å². The molecule has 0 aliphatic carbocycles. The summed E-state index contributed by atoms with van der Waals surface area (Å²) in [6.07, 6.45) is 0.678. The monoisotopic (exact) mass is 369 g/mol. The van der Waals surface area contributed by atoms with E-state index in [0.29, 0.717) is 30.0 Å². The molecule has 0 fully saturated rings. The molecule has 1 aliphatic rings. The van der Waals surface area contributed by atoms with Crippen LogP contribution >= 0.6 is 0 Å². The number of carbonyl (C=O) groups excluding carboxylic acids is 2. The number of methoxy groups -OCH3 is 3. The second-order valence-electron chi connectivity index (χ2n) is 6.34. The van der Waals surface area contributed by atoms with Crippen LogP contribution in [-0.2, 0) is 16.1 Å². The number of rotatable bonds is 7. The van der Waals surface area contributed by atoms with Crippen LogP contribution in [0.3, 0.4) is 0 Å². The average molecular weight is 369 g/mol. The lowest BCUT2D eigenvalue weighted by Gasteiger charge is -2.28. The third-order valence-electron chi connectivity index (χ3n) is 4.87. The van der Waals surface area contributed by atoms with Crippen LogP contribution in [-0.4, -0.2) is 38.1 Å². The van der Waals surface area contributed by atoms with E-state index in [2.05, 4.69) is 0 Å². The number of fused-ring (bicyclic) bond motifs is 1. The number of carbonyl (C=O) groups is 2. The van der Waals surface area contributed by atoms with Gasteiger partial charge in [-0.15, -0.1) is 0 Å². The molecule has 142 valence electrons. The van der Waals surface area contributed by atoms with Gasteiger partial charge in [-0.2, -0.15) is 0 Å². The second-order valence-corrected chi connectivity index (χ2v) is 6.34. The lowest BCUT2D eigenvalue weighted by atomic mass is 9.99. The summed E-state index contributed by atoms with van der Waals surface area (Å²) in [6, 6.07) is 12.9. The zero-order valence-corrected chi connectivity index (χ0v) is 15.7. The molecule has 27 heavy (non-hydrogen) atoms. The highest BCUT2D eigenvalue weighted by Crippen LogP contribution is 2.37. The fourth-order valence-corrected chi connectivity index (χ4v) is 3.45. The van der Waals surface area contributed by atoms with Crippen LogP contribution in [0.5, 0.6) is 11.5 Å². The number of nitrogens with zero attached hydrogens (tertiary/aromatic N) is 1. The molecule has 0 aromatic heterocycles. The Balaban J connectivity index is 1.95. The van der Waals surface area contributed by atoms with E-state index < -0.39 is 0 Å². The smallest absolute Gasteiger partial charge is 0.305 e. The van der Waals surface area contributed by atoms with Crippen LogP contribution in [0.1, 0.15) is 40.4 Å². The Hall–Kier alpha value is -3.02. The van der Waals surface area contributed by atoms with Gasteiger partial charge in [-0.3, -0.25) is 9.59 Å². The van der Waals surface area contributed by atoms with Gasteiger partial charge in [0.25, 0.3) is 5.91 Å². The maximum Gasteiger partial charge on any atom is 0.305 e. The molecule has 0 radical (unpaired) electrons. The van der Waals surface area contributed by atoms with Gasteiger partial charge in [0.05, 0.1) is 27.4 Å². The number of amides is 1. The summed E-state index contributed by atoms with van der Waals surface area (Å²) in [5, 5.41) is 0. The van der Waals surface area contributed by atoms with Crippen LogP contribution in [0.25, 0.3) is 0 Å². The topological polar surface area (TPSA) is 65.1 Å². The predicted molar refractivity (Wildman–Crippen MR) is 99.9 cm³/mol. The molecule has 6 heteroatoms. The van der Waals surface area contributed by atoms with Crippen molar-refractivity contribution in [1.82, 2.24) is 4.90 Å². The molecule has 3 rings (SSSR count). The fourth-order valence-electron chi connectivity index (χ4n) is 3.45. The summed E-state index contributed by atoms with van der Waals surface area (Å²) >= 11 is 0. The van der Waals surface area contributed by atoms with Gasteiger partial charge in [-0.05, 0) is 35.7 Å². The maximum absolute atomic E-state index is 13.0. The normalized spacial score (nSPS) is 13.9. The first-order valence-electron chi connectivity index (χ1n) is 8.76. The Morgan fingerprint density at radius 1 is 1.07 bits per heavy atom. The molecule has 0 N–H and O–H groups in total. The minimum Gasteiger partial charge on any atom is -0.493 e. The number of esters is 1. The molecule has 1 atom stereocenters. The Morgan fingerprint density at radius 3 is 2.48 bits per heavy atom. The Bertz CT molecular complexity index is 848. The first kappa shape index (κ1) is 18.8. The Kier molecular flexibility index (Phi) is 5.64. The lowest BCUT2D eigenvalue weighted by molar-refractivity contribution is -0.141. The summed E-state index contributed by atoms with van der Waals surface area (Å²) < 4.78 is 15.5. The van der Waals surface area contributed by atoms with Gasteiger partial charge in [0, 0.05) is 18.5 Å². The molecular formula is C21H23NO5. The van der Waals surface area contributed by atoms with Gasteiger partial charge in [-0.25, -0.2) is 0 Å². The minimum absolute atomic E-state index is 0.0322. The first-order valence-corrected chi connectivity index (χ1v) is 8.76. The van der Waals surface area contributed by atoms with Crippen LogP contribution in [0.4, 0.5) is 0 Å². The van der Waals surface area contributed by atoms with E-state index >= 15 is 0 Å². The molecule has 0 saturated carbocycles. The van der Waals surface area contributed by atoms with Gasteiger partial charge in [-0.1, -0.05) is 24.3 Å². The van der Waals surface area contributed by atoms with Crippen LogP contribution in [0.2, 0.25) is 0 Å². The molecule has 1 heterocycles. The molecule has 1 amide bonds. The summed E-state index contributed by atoms with van der Waals surface area (Å²) in [6.45, 7) is 0.509. The molecule has 0 spiro atoms. The van der Waals surface area contributed by atoms with Crippen LogP contribution < -0.4 is 9.47 Å². The highest BCUT2D eigenvalue weighted by Gasteiger charge is 2.33. The van der Waals surface area contributed by atoms with Gasteiger partial charge in [0.1, 0.15) is 0 Å². The van der Waals surface area contributed by atoms with Gasteiger partial charge < -0.3 is 19.1 Å². The van der Waals surface area contributed by atoms with E-state index in [1.807, 2.05) is 42.5 Å². The third kappa shape index (κ3) is 3.74. The fraction of sp³-hybridized carbons (Fsp3) is 0.333. The quantitative estimate of drug-likeness (QED) is 0.700. The van der Waals surface area contributed by atoms with Gasteiger partial charge in [0.15, 0.2) is 11.5 Å². The molecule has 0 bridgehead atoms. The molecule has 6 nitrogen and oxygen atoms in total. The average Bonchev–Trinajstić information content (AvgIpc) is 3.04. The van der Waals surface area contributed by atoms with Crippen molar-refractivity contribution < 1.29 is 23.8 Å². The van der Waals surface area contributed by atoms with Crippen molar-refractivity contribution in [2.24, 2.45) is 0 Å². The summed E-state index contributed by atoms with van der Waals surface area (Å²) in [5.41, 5.74) is 2.59. The van der Waals surface area contributed by atoms with Crippen molar-refractivity contribution in [1.29, 1.82) is 0 Å². The van der Waals surface area contributed by atoms with E-state index in [1.54, 1.807) is 19.1 Å². The summed E-state index contributed by atoms with van der Waals surface area (Å²) in [7, 11) is 4.51. The van der Waals surface area contributed by atoms with E-state index in [1.165, 1.54) is 7.11 Å². The number of hydrogen-bond acceptors (Lipinski definition) is 5. The molecule has 0 saturated heterocycles. The SMILES string of the molecule is COC(=O)CCC(c1ccc(OC)c(OC)c1)N1Cc2ccccc2C1=O. The first-order chi connectivity index (χ1) is 13.1. The second kappa shape index (κ2) is 8.12. The van der Waals surface area contributed by atoms with Crippen molar-refractivity contribution in [2.75, 3.05) is 21.3 Å². The van der Waals surface area contributed by atoms with Crippen molar-refractivity contribution >= 4 is 11.9 Å². The summed E-state index contributed by atoms with van der Waals surface area (Å²) in [4.78, 5) is 26.5. The van der Waals surface area contributed by atoms with E-state index in [-0.39, 0.29) is 24.3 Å². The van der Waals surface area contributed by atoms with E-state index in [0.717, 1.165) is 11.1 Å². The Labute approximate surface area is 158 Å². The zero-order chi connectivity index (χ0) is 19.4. The van der Waals surface area contributed by atoms with Crippen molar-refractivity contribution in [3.05, 3.63) is 59.2 Å². The summed E-state index contributed by atoms with van der Waals surface area (Å²) in [5.74, 6) is 0.867. The highest BCUT2D eigenvalue weighted by atomic mass is 16.5. The standard InChI is InChI=1S/C21H23NO5/c1-25-18-10-8-14(12-19(18)26-2)17(9-11-20(23)27-3)22-13-15-6-4-5-7-16(15)21(22)24/h4-8,10,12,17H,9,11,13H2,1-3H3. The molecule has 1 aliphatic heterocycles. The van der Waals surface area contributed by atoms with E-state index in [9.17, 15) is 9.59 Å². The highest BCUT2D eigenvalue weighted by molar-refractivity contribution is 5.98. The third-order valence-corrected chi connectivity index (χ3v) is 4.87.